The fourth-order valence-corrected chi connectivity index (χ4v) is 2.23. The lowest BCUT2D eigenvalue weighted by Gasteiger charge is -2.32. The van der Waals surface area contributed by atoms with Gasteiger partial charge in [-0.25, -0.2) is 4.39 Å². The monoisotopic (exact) mass is 238 g/mol. The van der Waals surface area contributed by atoms with Gasteiger partial charge in [0.2, 0.25) is 0 Å². The molecule has 0 bridgehead atoms. The van der Waals surface area contributed by atoms with Crippen molar-refractivity contribution in [3.8, 4) is 0 Å². The molecule has 1 aliphatic rings. The molecule has 2 rings (SSSR count). The van der Waals surface area contributed by atoms with E-state index in [0.717, 1.165) is 31.5 Å². The number of halogens is 1. The molecule has 1 aromatic rings. The number of aliphatic hydroxyl groups excluding tert-OH is 1. The average Bonchev–Trinajstić information content (AvgIpc) is 2.29. The Morgan fingerprint density at radius 1 is 1.53 bits per heavy atom. The smallest absolute Gasteiger partial charge is 0.141 e. The highest BCUT2D eigenvalue weighted by Gasteiger charge is 2.27. The largest absolute Gasteiger partial charge is 0.393 e. The summed E-state index contributed by atoms with van der Waals surface area (Å²) in [4.78, 5) is 4.10. The van der Waals surface area contributed by atoms with Crippen LogP contribution in [-0.4, -0.2) is 22.7 Å². The number of pyridine rings is 1. The summed E-state index contributed by atoms with van der Waals surface area (Å²) in [5, 5.41) is 12.6. The quantitative estimate of drug-likeness (QED) is 0.825. The second-order valence-electron chi connectivity index (χ2n) is 4.76. The molecule has 4 heteroatoms. The van der Waals surface area contributed by atoms with E-state index >= 15 is 0 Å². The van der Waals surface area contributed by atoms with Crippen molar-refractivity contribution in [2.45, 2.75) is 38.3 Å². The van der Waals surface area contributed by atoms with E-state index in [1.165, 1.54) is 12.3 Å². The summed E-state index contributed by atoms with van der Waals surface area (Å²) >= 11 is 0. The first kappa shape index (κ1) is 12.5. The summed E-state index contributed by atoms with van der Waals surface area (Å²) < 4.78 is 12.8. The molecule has 0 radical (unpaired) electrons. The molecule has 1 fully saturated rings. The standard InChI is InChI=1S/C13H19FN2O/c1-2-12(13-4-3-10(14)8-16-13)15-7-9-5-11(17)6-9/h3-4,8-9,11-12,15,17H,2,5-7H2,1H3. The number of hydrogen-bond acceptors (Lipinski definition) is 3. The fraction of sp³-hybridized carbons (Fsp3) is 0.615. The summed E-state index contributed by atoms with van der Waals surface area (Å²) in [6.45, 7) is 2.98. The zero-order valence-electron chi connectivity index (χ0n) is 10.1. The third-order valence-electron chi connectivity index (χ3n) is 3.38. The second-order valence-corrected chi connectivity index (χ2v) is 4.76. The van der Waals surface area contributed by atoms with Gasteiger partial charge in [0.1, 0.15) is 5.82 Å². The molecular weight excluding hydrogens is 219 g/mol. The minimum atomic E-state index is -0.300. The van der Waals surface area contributed by atoms with Crippen LogP contribution in [0.4, 0.5) is 4.39 Å². The van der Waals surface area contributed by atoms with Crippen LogP contribution in [0.25, 0.3) is 0 Å². The summed E-state index contributed by atoms with van der Waals surface area (Å²) in [6, 6.07) is 3.35. The molecule has 94 valence electrons. The Bertz CT molecular complexity index is 349. The fourth-order valence-electron chi connectivity index (χ4n) is 2.23. The van der Waals surface area contributed by atoms with Gasteiger partial charge in [-0.15, -0.1) is 0 Å². The van der Waals surface area contributed by atoms with E-state index in [0.29, 0.717) is 5.92 Å². The first-order chi connectivity index (χ1) is 8.19. The first-order valence-corrected chi connectivity index (χ1v) is 6.22. The minimum Gasteiger partial charge on any atom is -0.393 e. The molecule has 1 aliphatic carbocycles. The summed E-state index contributed by atoms with van der Waals surface area (Å²) in [5.41, 5.74) is 0.883. The number of nitrogens with zero attached hydrogens (tertiary/aromatic N) is 1. The van der Waals surface area contributed by atoms with Gasteiger partial charge in [-0.05, 0) is 43.9 Å². The molecule has 1 atom stereocenters. The maximum absolute atomic E-state index is 12.8. The second kappa shape index (κ2) is 5.56. The molecule has 1 saturated carbocycles. The van der Waals surface area contributed by atoms with Crippen LogP contribution in [0.3, 0.4) is 0 Å². The van der Waals surface area contributed by atoms with Crippen LogP contribution in [0.15, 0.2) is 18.3 Å². The number of rotatable bonds is 5. The Labute approximate surface area is 101 Å². The van der Waals surface area contributed by atoms with E-state index in [-0.39, 0.29) is 18.0 Å². The highest BCUT2D eigenvalue weighted by atomic mass is 19.1. The minimum absolute atomic E-state index is 0.106. The lowest BCUT2D eigenvalue weighted by Crippen LogP contribution is -2.37. The van der Waals surface area contributed by atoms with Gasteiger partial charge in [-0.3, -0.25) is 4.98 Å². The van der Waals surface area contributed by atoms with E-state index in [1.54, 1.807) is 6.07 Å². The molecule has 0 aromatic carbocycles. The topological polar surface area (TPSA) is 45.1 Å². The molecule has 0 amide bonds. The SMILES string of the molecule is CCC(NCC1CC(O)C1)c1ccc(F)cn1. The van der Waals surface area contributed by atoms with Crippen molar-refractivity contribution >= 4 is 0 Å². The molecule has 1 heterocycles. The lowest BCUT2D eigenvalue weighted by molar-refractivity contribution is 0.0417. The van der Waals surface area contributed by atoms with E-state index in [4.69, 9.17) is 0 Å². The van der Waals surface area contributed by atoms with Crippen molar-refractivity contribution in [3.05, 3.63) is 29.8 Å². The molecule has 1 unspecified atom stereocenters. The summed E-state index contributed by atoms with van der Waals surface area (Å²) in [6.07, 6.45) is 3.85. The molecule has 1 aromatic heterocycles. The van der Waals surface area contributed by atoms with Crippen LogP contribution in [0.1, 0.15) is 37.9 Å². The van der Waals surface area contributed by atoms with Crippen molar-refractivity contribution < 1.29 is 9.50 Å². The van der Waals surface area contributed by atoms with Crippen molar-refractivity contribution in [2.24, 2.45) is 5.92 Å². The molecule has 3 nitrogen and oxygen atoms in total. The van der Waals surface area contributed by atoms with Crippen molar-refractivity contribution in [3.63, 3.8) is 0 Å². The molecule has 2 N–H and O–H groups in total. The average molecular weight is 238 g/mol. The Morgan fingerprint density at radius 3 is 2.82 bits per heavy atom. The molecule has 0 saturated heterocycles. The van der Waals surface area contributed by atoms with Gasteiger partial charge in [0.25, 0.3) is 0 Å². The van der Waals surface area contributed by atoms with E-state index in [9.17, 15) is 9.50 Å². The van der Waals surface area contributed by atoms with Crippen molar-refractivity contribution in [2.75, 3.05) is 6.54 Å². The predicted molar refractivity (Wildman–Crippen MR) is 64.0 cm³/mol. The maximum Gasteiger partial charge on any atom is 0.141 e. The van der Waals surface area contributed by atoms with Crippen LogP contribution in [0.5, 0.6) is 0 Å². The number of aromatic nitrogens is 1. The summed E-state index contributed by atoms with van der Waals surface area (Å²) in [7, 11) is 0. The Kier molecular flexibility index (Phi) is 4.07. The van der Waals surface area contributed by atoms with E-state index in [2.05, 4.69) is 17.2 Å². The van der Waals surface area contributed by atoms with Crippen LogP contribution in [0.2, 0.25) is 0 Å². The Morgan fingerprint density at radius 2 is 2.29 bits per heavy atom. The van der Waals surface area contributed by atoms with Gasteiger partial charge >= 0.3 is 0 Å². The van der Waals surface area contributed by atoms with Gasteiger partial charge in [-0.2, -0.15) is 0 Å². The normalized spacial score (nSPS) is 25.4. The molecule has 17 heavy (non-hydrogen) atoms. The zero-order valence-corrected chi connectivity index (χ0v) is 10.1. The Hall–Kier alpha value is -1.00. The predicted octanol–water partition coefficient (Wildman–Crippen LogP) is 2.03. The zero-order chi connectivity index (χ0) is 12.3. The third kappa shape index (κ3) is 3.23. The van der Waals surface area contributed by atoms with Gasteiger partial charge in [0.15, 0.2) is 0 Å². The number of hydrogen-bond donors (Lipinski definition) is 2. The summed E-state index contributed by atoms with van der Waals surface area (Å²) in [5.74, 6) is 0.269. The van der Waals surface area contributed by atoms with Crippen LogP contribution in [0, 0.1) is 11.7 Å². The Balaban J connectivity index is 1.85. The first-order valence-electron chi connectivity index (χ1n) is 6.22. The van der Waals surface area contributed by atoms with E-state index in [1.807, 2.05) is 0 Å². The molecular formula is C13H19FN2O. The highest BCUT2D eigenvalue weighted by molar-refractivity contribution is 5.09. The maximum atomic E-state index is 12.8. The van der Waals surface area contributed by atoms with Crippen LogP contribution < -0.4 is 5.32 Å². The number of nitrogens with one attached hydrogen (secondary N) is 1. The molecule has 0 spiro atoms. The van der Waals surface area contributed by atoms with Gasteiger partial charge in [-0.1, -0.05) is 6.92 Å². The van der Waals surface area contributed by atoms with Crippen molar-refractivity contribution in [1.29, 1.82) is 0 Å². The van der Waals surface area contributed by atoms with Crippen LogP contribution in [-0.2, 0) is 0 Å². The van der Waals surface area contributed by atoms with Gasteiger partial charge in [0, 0.05) is 6.04 Å². The lowest BCUT2D eigenvalue weighted by atomic mass is 9.82. The van der Waals surface area contributed by atoms with E-state index < -0.39 is 0 Å². The number of aliphatic hydroxyl groups is 1. The van der Waals surface area contributed by atoms with Crippen LogP contribution >= 0.6 is 0 Å². The third-order valence-corrected chi connectivity index (χ3v) is 3.38. The molecule has 0 aliphatic heterocycles. The van der Waals surface area contributed by atoms with Crippen molar-refractivity contribution in [1.82, 2.24) is 10.3 Å². The highest BCUT2D eigenvalue weighted by Crippen LogP contribution is 2.27. The van der Waals surface area contributed by atoms with Gasteiger partial charge < -0.3 is 10.4 Å². The van der Waals surface area contributed by atoms with Gasteiger partial charge in [0.05, 0.1) is 18.0 Å².